The number of thioether (sulfide) groups is 1. The minimum atomic E-state index is -1.26. The lowest BCUT2D eigenvalue weighted by atomic mass is 9.98. The molecule has 0 aromatic heterocycles. The van der Waals surface area contributed by atoms with Gasteiger partial charge in [0, 0.05) is 17.6 Å². The van der Waals surface area contributed by atoms with Gasteiger partial charge < -0.3 is 30.3 Å². The van der Waals surface area contributed by atoms with Crippen LogP contribution < -0.4 is 10.6 Å². The van der Waals surface area contributed by atoms with Gasteiger partial charge in [-0.1, -0.05) is 97.1 Å². The highest BCUT2D eigenvalue weighted by Crippen LogP contribution is 2.45. The average molecular weight is 667 g/mol. The average Bonchev–Trinajstić information content (AvgIpc) is 3.59. The Labute approximate surface area is 281 Å². The van der Waals surface area contributed by atoms with Crippen molar-refractivity contribution in [2.75, 3.05) is 24.7 Å². The first-order valence-corrected chi connectivity index (χ1v) is 16.7. The molecule has 4 aromatic carbocycles. The molecule has 0 bridgehead atoms. The van der Waals surface area contributed by atoms with E-state index >= 15 is 0 Å². The monoisotopic (exact) mass is 666 g/mol. The number of ether oxygens (including phenoxy) is 2. The summed E-state index contributed by atoms with van der Waals surface area (Å²) < 4.78 is 11.0. The Hall–Kier alpha value is -5.29. The summed E-state index contributed by atoms with van der Waals surface area (Å²) in [5.41, 5.74) is 8.47. The van der Waals surface area contributed by atoms with E-state index in [-0.39, 0.29) is 43.0 Å². The van der Waals surface area contributed by atoms with E-state index in [9.17, 15) is 29.4 Å². The lowest BCUT2D eigenvalue weighted by Gasteiger charge is -2.18. The van der Waals surface area contributed by atoms with Crippen molar-refractivity contribution in [3.63, 3.8) is 0 Å². The van der Waals surface area contributed by atoms with Gasteiger partial charge in [-0.3, -0.25) is 0 Å². The summed E-state index contributed by atoms with van der Waals surface area (Å²) in [4.78, 5) is 49.1. The van der Waals surface area contributed by atoms with Crippen molar-refractivity contribution in [1.29, 1.82) is 0 Å². The molecule has 6 rings (SSSR count). The van der Waals surface area contributed by atoms with Crippen LogP contribution in [0.25, 0.3) is 22.3 Å². The fourth-order valence-corrected chi connectivity index (χ4v) is 7.43. The van der Waals surface area contributed by atoms with E-state index in [0.29, 0.717) is 0 Å². The van der Waals surface area contributed by atoms with Crippen LogP contribution in [-0.2, 0) is 19.1 Å². The predicted molar refractivity (Wildman–Crippen MR) is 181 cm³/mol. The topological polar surface area (TPSA) is 151 Å². The Kier molecular flexibility index (Phi) is 9.96. The summed E-state index contributed by atoms with van der Waals surface area (Å²) in [5.74, 6) is -2.65. The third-order valence-electron chi connectivity index (χ3n) is 8.70. The zero-order valence-corrected chi connectivity index (χ0v) is 26.7. The van der Waals surface area contributed by atoms with E-state index < -0.39 is 36.2 Å². The fraction of sp³-hybridized carbons (Fsp3) is 0.243. The standard InChI is InChI=1S/C37H34N2O8S/c40-34(41)32(38-36(44)46-19-30-26-13-5-1-9-22(26)23-10-2-6-14-27(23)30)17-18-48-21-33(35(42)43)39-37(45)47-20-31-28-15-7-3-11-24(28)25-12-4-8-16-29(25)31/h1-16,30-33H,17-21H2,(H,38,44)(H,39,45)(H,40,41)(H,42,43)/t32-,33-/m0/s1. The Balaban J connectivity index is 0.957. The minimum absolute atomic E-state index is 0.0154. The second kappa shape index (κ2) is 14.6. The first-order valence-electron chi connectivity index (χ1n) is 15.6. The van der Waals surface area contributed by atoms with Gasteiger partial charge >= 0.3 is 24.1 Å². The third kappa shape index (κ3) is 7.01. The quantitative estimate of drug-likeness (QED) is 0.124. The molecule has 0 heterocycles. The smallest absolute Gasteiger partial charge is 0.407 e. The molecule has 48 heavy (non-hydrogen) atoms. The van der Waals surface area contributed by atoms with Crippen molar-refractivity contribution < 1.29 is 38.9 Å². The molecular weight excluding hydrogens is 632 g/mol. The number of amides is 2. The number of carboxylic acid groups (broad SMARTS) is 2. The number of rotatable bonds is 13. The number of carbonyl (C=O) groups is 4. The molecule has 246 valence electrons. The maximum Gasteiger partial charge on any atom is 0.407 e. The van der Waals surface area contributed by atoms with Gasteiger partial charge in [0.1, 0.15) is 25.3 Å². The van der Waals surface area contributed by atoms with E-state index in [1.807, 2.05) is 97.1 Å². The summed E-state index contributed by atoms with van der Waals surface area (Å²) in [6.45, 7) is 0.0873. The van der Waals surface area contributed by atoms with Gasteiger partial charge in [-0.15, -0.1) is 0 Å². The van der Waals surface area contributed by atoms with Gasteiger partial charge in [-0.25, -0.2) is 19.2 Å². The highest BCUT2D eigenvalue weighted by Gasteiger charge is 2.31. The molecule has 4 N–H and O–H groups in total. The molecule has 0 fully saturated rings. The van der Waals surface area contributed by atoms with Crippen molar-refractivity contribution in [2.45, 2.75) is 30.3 Å². The number of hydrogen-bond acceptors (Lipinski definition) is 7. The SMILES string of the molecule is O=C(N[C@@H](CCSC[C@H](NC(=O)OCC1c2ccccc2-c2ccccc21)C(=O)O)C(=O)O)OCC1c2ccccc2-c2ccccc21. The van der Waals surface area contributed by atoms with Crippen molar-refractivity contribution in [2.24, 2.45) is 0 Å². The molecule has 0 saturated carbocycles. The normalized spacial score (nSPS) is 14.1. The van der Waals surface area contributed by atoms with E-state index in [1.54, 1.807) is 0 Å². The minimum Gasteiger partial charge on any atom is -0.480 e. The van der Waals surface area contributed by atoms with Crippen LogP contribution in [0.5, 0.6) is 0 Å². The Bertz CT molecular complexity index is 1620. The van der Waals surface area contributed by atoms with Crippen LogP contribution in [0.15, 0.2) is 97.1 Å². The predicted octanol–water partition coefficient (Wildman–Crippen LogP) is 6.09. The molecule has 4 aromatic rings. The molecular formula is C37H34N2O8S. The van der Waals surface area contributed by atoms with E-state index in [1.165, 1.54) is 0 Å². The number of fused-ring (bicyclic) bond motifs is 6. The summed E-state index contributed by atoms with van der Waals surface area (Å²) in [5, 5.41) is 24.2. The van der Waals surface area contributed by atoms with Gasteiger partial charge in [0.15, 0.2) is 0 Å². The van der Waals surface area contributed by atoms with Crippen molar-refractivity contribution >= 4 is 35.9 Å². The van der Waals surface area contributed by atoms with Crippen molar-refractivity contribution in [1.82, 2.24) is 10.6 Å². The van der Waals surface area contributed by atoms with Crippen LogP contribution in [0, 0.1) is 0 Å². The molecule has 11 heteroatoms. The summed E-state index contributed by atoms with van der Waals surface area (Å²) >= 11 is 1.14. The van der Waals surface area contributed by atoms with Crippen LogP contribution in [-0.4, -0.2) is 71.1 Å². The van der Waals surface area contributed by atoms with Crippen LogP contribution >= 0.6 is 11.8 Å². The number of benzene rings is 4. The maximum atomic E-state index is 12.6. The second-order valence-corrected chi connectivity index (χ2v) is 12.7. The molecule has 0 unspecified atom stereocenters. The summed E-state index contributed by atoms with van der Waals surface area (Å²) in [6, 6.07) is 29.1. The summed E-state index contributed by atoms with van der Waals surface area (Å²) in [6.07, 6.45) is -1.69. The lowest BCUT2D eigenvalue weighted by Crippen LogP contribution is -2.43. The Morgan fingerprint density at radius 3 is 1.31 bits per heavy atom. The second-order valence-electron chi connectivity index (χ2n) is 11.6. The van der Waals surface area contributed by atoms with Crippen LogP contribution in [0.1, 0.15) is 40.5 Å². The van der Waals surface area contributed by atoms with Gasteiger partial charge in [0.2, 0.25) is 0 Å². The highest BCUT2D eigenvalue weighted by molar-refractivity contribution is 7.99. The molecule has 0 radical (unpaired) electrons. The molecule has 2 aliphatic rings. The zero-order valence-electron chi connectivity index (χ0n) is 25.8. The molecule has 0 spiro atoms. The van der Waals surface area contributed by atoms with Crippen LogP contribution in [0.3, 0.4) is 0 Å². The number of carboxylic acids is 2. The fourth-order valence-electron chi connectivity index (χ4n) is 6.40. The number of nitrogens with one attached hydrogen (secondary N) is 2. The first-order chi connectivity index (χ1) is 23.3. The molecule has 0 aliphatic heterocycles. The lowest BCUT2D eigenvalue weighted by molar-refractivity contribution is -0.140. The van der Waals surface area contributed by atoms with Gasteiger partial charge in [0.25, 0.3) is 0 Å². The number of alkyl carbamates (subject to hydrolysis) is 2. The third-order valence-corrected chi connectivity index (χ3v) is 9.80. The van der Waals surface area contributed by atoms with Crippen LogP contribution in [0.2, 0.25) is 0 Å². The highest BCUT2D eigenvalue weighted by atomic mass is 32.2. The molecule has 2 atom stereocenters. The summed E-state index contributed by atoms with van der Waals surface area (Å²) in [7, 11) is 0. The first kappa shape index (κ1) is 32.6. The van der Waals surface area contributed by atoms with Gasteiger partial charge in [-0.05, 0) is 56.7 Å². The van der Waals surface area contributed by atoms with E-state index in [4.69, 9.17) is 9.47 Å². The number of hydrogen-bond donors (Lipinski definition) is 4. The van der Waals surface area contributed by atoms with E-state index in [0.717, 1.165) is 56.3 Å². The van der Waals surface area contributed by atoms with Crippen molar-refractivity contribution in [3.05, 3.63) is 119 Å². The number of aliphatic carboxylic acids is 2. The molecule has 2 aliphatic carbocycles. The number of carbonyl (C=O) groups excluding carboxylic acids is 2. The molecule has 2 amide bonds. The van der Waals surface area contributed by atoms with Crippen molar-refractivity contribution in [3.8, 4) is 22.3 Å². The molecule has 0 saturated heterocycles. The Morgan fingerprint density at radius 2 is 0.938 bits per heavy atom. The zero-order chi connectivity index (χ0) is 33.6. The Morgan fingerprint density at radius 1 is 0.583 bits per heavy atom. The maximum absolute atomic E-state index is 12.6. The van der Waals surface area contributed by atoms with Crippen LogP contribution in [0.4, 0.5) is 9.59 Å². The van der Waals surface area contributed by atoms with Gasteiger partial charge in [-0.2, -0.15) is 11.8 Å². The molecule has 10 nitrogen and oxygen atoms in total. The van der Waals surface area contributed by atoms with E-state index in [2.05, 4.69) is 10.6 Å². The van der Waals surface area contributed by atoms with Gasteiger partial charge in [0.05, 0.1) is 0 Å². The largest absolute Gasteiger partial charge is 0.480 e.